The molecule has 0 saturated heterocycles. The van der Waals surface area contributed by atoms with Crippen molar-refractivity contribution in [2.45, 2.75) is 27.7 Å². The van der Waals surface area contributed by atoms with E-state index in [2.05, 4.69) is 32.6 Å². The molecule has 0 bridgehead atoms. The molecule has 0 radical (unpaired) electrons. The van der Waals surface area contributed by atoms with E-state index in [1.54, 1.807) is 0 Å². The van der Waals surface area contributed by atoms with Crippen molar-refractivity contribution in [3.63, 3.8) is 0 Å². The van der Waals surface area contributed by atoms with Crippen LogP contribution in [-0.4, -0.2) is 22.0 Å². The molecular formula is C11H15N5. The van der Waals surface area contributed by atoms with Gasteiger partial charge >= 0.3 is 0 Å². The molecule has 84 valence electrons. The summed E-state index contributed by atoms with van der Waals surface area (Å²) in [4.78, 5) is 0. The number of H-pyrrole nitrogens is 1. The van der Waals surface area contributed by atoms with Gasteiger partial charge in [-0.1, -0.05) is 5.21 Å². The van der Waals surface area contributed by atoms with E-state index in [0.717, 1.165) is 27.8 Å². The van der Waals surface area contributed by atoms with Crippen LogP contribution >= 0.6 is 0 Å². The lowest BCUT2D eigenvalue weighted by atomic mass is 10.0. The summed E-state index contributed by atoms with van der Waals surface area (Å²) < 4.78 is 0. The third-order valence-corrected chi connectivity index (χ3v) is 2.93. The third kappa shape index (κ3) is 1.48. The van der Waals surface area contributed by atoms with E-state index in [1.165, 1.54) is 5.56 Å². The van der Waals surface area contributed by atoms with Crippen molar-refractivity contribution in [2.75, 3.05) is 6.54 Å². The minimum Gasteiger partial charge on any atom is -0.255 e. The van der Waals surface area contributed by atoms with Crippen LogP contribution in [0.2, 0.25) is 0 Å². The van der Waals surface area contributed by atoms with E-state index in [-0.39, 0.29) is 0 Å². The maximum atomic E-state index is 4.24. The predicted octanol–water partition coefficient (Wildman–Crippen LogP) is 2.99. The maximum absolute atomic E-state index is 4.24. The van der Waals surface area contributed by atoms with E-state index < -0.39 is 0 Å². The first-order valence-electron chi connectivity index (χ1n) is 5.34. The van der Waals surface area contributed by atoms with Crippen LogP contribution in [0.5, 0.6) is 0 Å². The van der Waals surface area contributed by atoms with Crippen LogP contribution in [0.3, 0.4) is 0 Å². The van der Waals surface area contributed by atoms with Gasteiger partial charge in [-0.05, 0) is 44.4 Å². The Bertz CT molecular complexity index is 553. The Labute approximate surface area is 94.0 Å². The molecule has 1 N–H and O–H groups in total. The number of nitrogens with zero attached hydrogens (tertiary/aromatic N) is 4. The number of fused-ring (bicyclic) bond motifs is 1. The van der Waals surface area contributed by atoms with Gasteiger partial charge in [0.1, 0.15) is 16.7 Å². The van der Waals surface area contributed by atoms with E-state index >= 15 is 0 Å². The number of benzene rings is 1. The van der Waals surface area contributed by atoms with Gasteiger partial charge in [-0.3, -0.25) is 5.10 Å². The molecule has 0 aliphatic carbocycles. The number of azo groups is 1. The molecule has 2 aromatic rings. The molecule has 16 heavy (non-hydrogen) atoms. The minimum absolute atomic E-state index is 0.676. The molecule has 1 aromatic carbocycles. The highest BCUT2D eigenvalue weighted by Gasteiger charge is 2.14. The highest BCUT2D eigenvalue weighted by atomic mass is 15.3. The molecule has 0 aliphatic rings. The van der Waals surface area contributed by atoms with Crippen molar-refractivity contribution >= 4 is 16.7 Å². The van der Waals surface area contributed by atoms with E-state index in [4.69, 9.17) is 0 Å². The Kier molecular flexibility index (Phi) is 2.68. The van der Waals surface area contributed by atoms with Crippen molar-refractivity contribution in [1.82, 2.24) is 15.4 Å². The Hall–Kier alpha value is -1.78. The fraction of sp³-hybridized carbons (Fsp3) is 0.455. The molecule has 5 heteroatoms. The first-order valence-corrected chi connectivity index (χ1v) is 5.34. The highest BCUT2D eigenvalue weighted by molar-refractivity contribution is 5.91. The van der Waals surface area contributed by atoms with Crippen LogP contribution in [0.4, 0.5) is 5.69 Å². The quantitative estimate of drug-likeness (QED) is 0.786. The number of nitrogens with one attached hydrogen (secondary N) is 1. The van der Waals surface area contributed by atoms with Crippen LogP contribution in [0.15, 0.2) is 10.2 Å². The van der Waals surface area contributed by atoms with Gasteiger partial charge in [0.05, 0.1) is 6.54 Å². The third-order valence-electron chi connectivity index (χ3n) is 2.93. The Morgan fingerprint density at radius 1 is 1.12 bits per heavy atom. The van der Waals surface area contributed by atoms with Crippen molar-refractivity contribution in [1.29, 1.82) is 0 Å². The fourth-order valence-corrected chi connectivity index (χ4v) is 1.75. The molecule has 5 nitrogen and oxygen atoms in total. The highest BCUT2D eigenvalue weighted by Crippen LogP contribution is 2.32. The van der Waals surface area contributed by atoms with Crippen LogP contribution in [-0.2, 0) is 0 Å². The zero-order chi connectivity index (χ0) is 11.7. The Balaban J connectivity index is 2.80. The molecule has 1 aromatic heterocycles. The lowest BCUT2D eigenvalue weighted by molar-refractivity contribution is 0.956. The van der Waals surface area contributed by atoms with Crippen LogP contribution in [0, 0.1) is 20.8 Å². The van der Waals surface area contributed by atoms with Gasteiger partial charge in [0.2, 0.25) is 0 Å². The van der Waals surface area contributed by atoms with E-state index in [1.807, 2.05) is 20.8 Å². The topological polar surface area (TPSA) is 66.3 Å². The summed E-state index contributed by atoms with van der Waals surface area (Å²) in [6, 6.07) is 0. The number of rotatable bonds is 2. The van der Waals surface area contributed by atoms with Crippen molar-refractivity contribution in [3.05, 3.63) is 16.7 Å². The summed E-state index contributed by atoms with van der Waals surface area (Å²) >= 11 is 0. The summed E-state index contributed by atoms with van der Waals surface area (Å²) in [5, 5.41) is 19.1. The second kappa shape index (κ2) is 4.00. The summed E-state index contributed by atoms with van der Waals surface area (Å²) in [5.41, 5.74) is 6.09. The molecular weight excluding hydrogens is 202 g/mol. The summed E-state index contributed by atoms with van der Waals surface area (Å²) in [6.07, 6.45) is 0. The standard InChI is InChI=1S/C11H15N5/c1-5-12-13-9-7(3)6(2)8(4)10-11(9)15-16-14-10/h5H2,1-4H3,(H,14,15,16)/b13-12+. The molecule has 0 saturated carbocycles. The van der Waals surface area contributed by atoms with Crippen molar-refractivity contribution in [3.8, 4) is 0 Å². The summed E-state index contributed by atoms with van der Waals surface area (Å²) in [5.74, 6) is 0. The Morgan fingerprint density at radius 3 is 2.56 bits per heavy atom. The number of aryl methyl sites for hydroxylation is 1. The fourth-order valence-electron chi connectivity index (χ4n) is 1.75. The molecule has 0 spiro atoms. The van der Waals surface area contributed by atoms with E-state index in [0.29, 0.717) is 6.54 Å². The number of aromatic amines is 1. The van der Waals surface area contributed by atoms with Crippen LogP contribution in [0.25, 0.3) is 11.0 Å². The minimum atomic E-state index is 0.676. The van der Waals surface area contributed by atoms with Gasteiger partial charge in [-0.25, -0.2) is 0 Å². The van der Waals surface area contributed by atoms with Crippen molar-refractivity contribution in [2.24, 2.45) is 10.2 Å². The van der Waals surface area contributed by atoms with Gasteiger partial charge in [-0.2, -0.15) is 10.2 Å². The SMILES string of the molecule is CC/N=N/c1c(C)c(C)c(C)c2nn[nH]c12. The maximum Gasteiger partial charge on any atom is 0.118 e. The number of aromatic nitrogens is 3. The van der Waals surface area contributed by atoms with Gasteiger partial charge in [0.25, 0.3) is 0 Å². The largest absolute Gasteiger partial charge is 0.255 e. The monoisotopic (exact) mass is 217 g/mol. The average Bonchev–Trinajstić information content (AvgIpc) is 2.75. The molecule has 0 fully saturated rings. The summed E-state index contributed by atoms with van der Waals surface area (Å²) in [6.45, 7) is 8.81. The lowest BCUT2D eigenvalue weighted by Gasteiger charge is -2.08. The molecule has 1 heterocycles. The molecule has 0 unspecified atom stereocenters. The van der Waals surface area contributed by atoms with Crippen molar-refractivity contribution < 1.29 is 0 Å². The second-order valence-electron chi connectivity index (χ2n) is 3.82. The molecule has 2 rings (SSSR count). The van der Waals surface area contributed by atoms with Gasteiger partial charge in [-0.15, -0.1) is 5.10 Å². The molecule has 0 atom stereocenters. The van der Waals surface area contributed by atoms with Gasteiger partial charge < -0.3 is 0 Å². The molecule has 0 aliphatic heterocycles. The zero-order valence-electron chi connectivity index (χ0n) is 10.00. The summed E-state index contributed by atoms with van der Waals surface area (Å²) in [7, 11) is 0. The first kappa shape index (κ1) is 10.7. The zero-order valence-corrected chi connectivity index (χ0v) is 10.00. The first-order chi connectivity index (χ1) is 7.66. The Morgan fingerprint density at radius 2 is 1.88 bits per heavy atom. The lowest BCUT2D eigenvalue weighted by Crippen LogP contribution is -1.90. The van der Waals surface area contributed by atoms with Gasteiger partial charge in [0.15, 0.2) is 0 Å². The van der Waals surface area contributed by atoms with Gasteiger partial charge in [0, 0.05) is 0 Å². The number of hydrogen-bond acceptors (Lipinski definition) is 4. The average molecular weight is 217 g/mol. The van der Waals surface area contributed by atoms with Crippen LogP contribution in [0.1, 0.15) is 23.6 Å². The predicted molar refractivity (Wildman–Crippen MR) is 63.2 cm³/mol. The normalized spacial score (nSPS) is 11.8. The molecule has 0 amide bonds. The van der Waals surface area contributed by atoms with Crippen LogP contribution < -0.4 is 0 Å². The smallest absolute Gasteiger partial charge is 0.118 e. The number of hydrogen-bond donors (Lipinski definition) is 1. The van der Waals surface area contributed by atoms with E-state index in [9.17, 15) is 0 Å². The second-order valence-corrected chi connectivity index (χ2v) is 3.82.